The summed E-state index contributed by atoms with van der Waals surface area (Å²) in [4.78, 5) is 10.4. The van der Waals surface area contributed by atoms with Crippen molar-refractivity contribution >= 4 is 17.4 Å². The van der Waals surface area contributed by atoms with Gasteiger partial charge in [-0.1, -0.05) is 30.0 Å². The molecule has 3 aromatic rings. The summed E-state index contributed by atoms with van der Waals surface area (Å²) in [5.41, 5.74) is 1.06. The molecule has 0 aliphatic heterocycles. The Morgan fingerprint density at radius 1 is 1.10 bits per heavy atom. The Labute approximate surface area is 179 Å². The second kappa shape index (κ2) is 9.62. The van der Waals surface area contributed by atoms with E-state index in [1.807, 2.05) is 31.2 Å². The molecule has 0 fully saturated rings. The first-order valence-electron chi connectivity index (χ1n) is 9.50. The van der Waals surface area contributed by atoms with Gasteiger partial charge in [-0.25, -0.2) is 0 Å². The van der Waals surface area contributed by atoms with Gasteiger partial charge in [-0.05, 0) is 38.5 Å². The van der Waals surface area contributed by atoms with Gasteiger partial charge in [0.15, 0.2) is 17.1 Å². The van der Waals surface area contributed by atoms with Gasteiger partial charge in [-0.15, -0.1) is 10.2 Å². The molecule has 1 atom stereocenters. The number of hydrogen-bond donors (Lipinski definition) is 0. The van der Waals surface area contributed by atoms with Crippen LogP contribution in [0.1, 0.15) is 44.3 Å². The van der Waals surface area contributed by atoms with Gasteiger partial charge in [0.2, 0.25) is 0 Å². The molecule has 0 saturated heterocycles. The number of ether oxygens (including phenoxy) is 2. The maximum absolute atomic E-state index is 10.8. The number of nitro groups is 1. The van der Waals surface area contributed by atoms with Crippen LogP contribution in [-0.2, 0) is 5.75 Å². The van der Waals surface area contributed by atoms with Crippen LogP contribution in [0, 0.1) is 10.1 Å². The van der Waals surface area contributed by atoms with Crippen LogP contribution in [0.25, 0.3) is 0 Å². The normalized spacial score (nSPS) is 12.0. The third-order valence-corrected chi connectivity index (χ3v) is 5.45. The van der Waals surface area contributed by atoms with Crippen molar-refractivity contribution in [2.75, 3.05) is 7.11 Å². The Balaban J connectivity index is 1.74. The molecule has 0 spiro atoms. The summed E-state index contributed by atoms with van der Waals surface area (Å²) in [7, 11) is 1.62. The summed E-state index contributed by atoms with van der Waals surface area (Å²) in [5, 5.41) is 20.3. The maximum atomic E-state index is 10.8. The summed E-state index contributed by atoms with van der Waals surface area (Å²) >= 11 is 1.54. The molecule has 0 N–H and O–H groups in total. The molecule has 158 valence electrons. The first-order valence-corrected chi connectivity index (χ1v) is 10.5. The minimum Gasteiger partial charge on any atom is -0.497 e. The molecule has 1 heterocycles. The van der Waals surface area contributed by atoms with Crippen LogP contribution in [0.5, 0.6) is 11.5 Å². The minimum atomic E-state index is -0.400. The standard InChI is InChI=1S/C21H24N4O4S/c1-14(2)24-20(15(3)29-19-7-5-6-18(12-19)28-4)22-23-21(24)30-13-16-8-10-17(11-9-16)25(26)27/h5-12,14-15H,13H2,1-4H3. The third-order valence-electron chi connectivity index (χ3n) is 4.44. The van der Waals surface area contributed by atoms with Crippen LogP contribution in [0.15, 0.2) is 53.7 Å². The first-order chi connectivity index (χ1) is 14.4. The van der Waals surface area contributed by atoms with Crippen molar-refractivity contribution in [3.05, 3.63) is 70.0 Å². The SMILES string of the molecule is COc1cccc(OC(C)c2nnc(SCc3ccc([N+](=O)[O-])cc3)n2C(C)C)c1. The number of nitro benzene ring substituents is 1. The highest BCUT2D eigenvalue weighted by molar-refractivity contribution is 7.98. The lowest BCUT2D eigenvalue weighted by molar-refractivity contribution is -0.384. The van der Waals surface area contributed by atoms with Crippen LogP contribution >= 0.6 is 11.8 Å². The van der Waals surface area contributed by atoms with Crippen molar-refractivity contribution in [3.63, 3.8) is 0 Å². The lowest BCUT2D eigenvalue weighted by Crippen LogP contribution is -2.14. The van der Waals surface area contributed by atoms with Crippen molar-refractivity contribution < 1.29 is 14.4 Å². The second-order valence-corrected chi connectivity index (χ2v) is 7.90. The topological polar surface area (TPSA) is 92.3 Å². The Bertz CT molecular complexity index is 1000. The highest BCUT2D eigenvalue weighted by Crippen LogP contribution is 2.30. The molecule has 8 nitrogen and oxygen atoms in total. The summed E-state index contributed by atoms with van der Waals surface area (Å²) < 4.78 is 13.4. The number of non-ortho nitro benzene ring substituents is 1. The largest absolute Gasteiger partial charge is 0.497 e. The number of aromatic nitrogens is 3. The maximum Gasteiger partial charge on any atom is 0.269 e. The molecule has 1 aromatic heterocycles. The van der Waals surface area contributed by atoms with Crippen molar-refractivity contribution in [2.45, 2.75) is 43.8 Å². The summed E-state index contributed by atoms with van der Waals surface area (Å²) in [6.45, 7) is 6.08. The van der Waals surface area contributed by atoms with Crippen molar-refractivity contribution in [2.24, 2.45) is 0 Å². The molecule has 0 radical (unpaired) electrons. The van der Waals surface area contributed by atoms with Crippen molar-refractivity contribution in [1.29, 1.82) is 0 Å². The van der Waals surface area contributed by atoms with Crippen LogP contribution < -0.4 is 9.47 Å². The Morgan fingerprint density at radius 3 is 2.43 bits per heavy atom. The predicted octanol–water partition coefficient (Wildman–Crippen LogP) is 5.21. The van der Waals surface area contributed by atoms with Gasteiger partial charge in [0.25, 0.3) is 5.69 Å². The zero-order valence-electron chi connectivity index (χ0n) is 17.3. The second-order valence-electron chi connectivity index (χ2n) is 6.96. The molecule has 30 heavy (non-hydrogen) atoms. The van der Waals surface area contributed by atoms with Gasteiger partial charge in [0.05, 0.1) is 12.0 Å². The highest BCUT2D eigenvalue weighted by atomic mass is 32.2. The van der Waals surface area contributed by atoms with E-state index in [0.717, 1.165) is 22.3 Å². The molecule has 3 rings (SSSR count). The van der Waals surface area contributed by atoms with E-state index in [1.54, 1.807) is 19.2 Å². The molecule has 0 saturated carbocycles. The van der Waals surface area contributed by atoms with E-state index < -0.39 is 4.92 Å². The monoisotopic (exact) mass is 428 g/mol. The number of methoxy groups -OCH3 is 1. The Hall–Kier alpha value is -3.07. The fourth-order valence-corrected chi connectivity index (χ4v) is 3.97. The zero-order valence-corrected chi connectivity index (χ0v) is 18.1. The van der Waals surface area contributed by atoms with Gasteiger partial charge >= 0.3 is 0 Å². The number of thioether (sulfide) groups is 1. The van der Waals surface area contributed by atoms with E-state index in [0.29, 0.717) is 11.5 Å². The molecule has 1 unspecified atom stereocenters. The van der Waals surface area contributed by atoms with E-state index in [9.17, 15) is 10.1 Å². The first kappa shape index (κ1) is 21.6. The van der Waals surface area contributed by atoms with Crippen LogP contribution in [0.2, 0.25) is 0 Å². The summed E-state index contributed by atoms with van der Waals surface area (Å²) in [6, 6.07) is 14.1. The molecular formula is C21H24N4O4S. The molecule has 0 bridgehead atoms. The summed E-state index contributed by atoms with van der Waals surface area (Å²) in [6.07, 6.45) is -0.305. The van der Waals surface area contributed by atoms with E-state index in [1.165, 1.54) is 23.9 Å². The van der Waals surface area contributed by atoms with Gasteiger partial charge in [-0.2, -0.15) is 0 Å². The Morgan fingerprint density at radius 2 is 1.80 bits per heavy atom. The lowest BCUT2D eigenvalue weighted by Gasteiger charge is -2.19. The third kappa shape index (κ3) is 5.10. The van der Waals surface area contributed by atoms with Gasteiger partial charge in [0.1, 0.15) is 11.5 Å². The van der Waals surface area contributed by atoms with Crippen molar-refractivity contribution in [1.82, 2.24) is 14.8 Å². The number of benzene rings is 2. The summed E-state index contributed by atoms with van der Waals surface area (Å²) in [5.74, 6) is 2.79. The molecule has 2 aromatic carbocycles. The fraction of sp³-hybridized carbons (Fsp3) is 0.333. The average Bonchev–Trinajstić information content (AvgIpc) is 3.17. The van der Waals surface area contributed by atoms with E-state index in [4.69, 9.17) is 9.47 Å². The van der Waals surface area contributed by atoms with E-state index >= 15 is 0 Å². The molecular weight excluding hydrogens is 404 g/mol. The molecule has 0 aliphatic rings. The highest BCUT2D eigenvalue weighted by Gasteiger charge is 2.21. The van der Waals surface area contributed by atoms with Crippen LogP contribution in [0.3, 0.4) is 0 Å². The Kier molecular flexibility index (Phi) is 6.94. The van der Waals surface area contributed by atoms with Crippen LogP contribution in [0.4, 0.5) is 5.69 Å². The predicted molar refractivity (Wildman–Crippen MR) is 115 cm³/mol. The minimum absolute atomic E-state index is 0.0832. The van der Waals surface area contributed by atoms with Gasteiger partial charge in [-0.3, -0.25) is 10.1 Å². The average molecular weight is 429 g/mol. The smallest absolute Gasteiger partial charge is 0.269 e. The lowest BCUT2D eigenvalue weighted by atomic mass is 10.2. The molecule has 0 aliphatic carbocycles. The number of nitrogens with zero attached hydrogens (tertiary/aromatic N) is 4. The number of hydrogen-bond acceptors (Lipinski definition) is 7. The number of rotatable bonds is 9. The van der Waals surface area contributed by atoms with E-state index in [2.05, 4.69) is 28.6 Å². The van der Waals surface area contributed by atoms with Crippen molar-refractivity contribution in [3.8, 4) is 11.5 Å². The quantitative estimate of drug-likeness (QED) is 0.262. The van der Waals surface area contributed by atoms with Gasteiger partial charge in [0, 0.05) is 30.0 Å². The fourth-order valence-electron chi connectivity index (χ4n) is 2.94. The zero-order chi connectivity index (χ0) is 21.7. The van der Waals surface area contributed by atoms with Gasteiger partial charge < -0.3 is 14.0 Å². The van der Waals surface area contributed by atoms with Crippen LogP contribution in [-0.4, -0.2) is 26.8 Å². The molecule has 0 amide bonds. The molecule has 9 heteroatoms. The van der Waals surface area contributed by atoms with E-state index in [-0.39, 0.29) is 17.8 Å².